The third-order valence-corrected chi connectivity index (χ3v) is 12.3. The second-order valence-corrected chi connectivity index (χ2v) is 14.1. The molecule has 4 nitrogen and oxygen atoms in total. The van der Waals surface area contributed by atoms with Crippen LogP contribution in [0.1, 0.15) is 92.9 Å². The van der Waals surface area contributed by atoms with Crippen molar-refractivity contribution in [2.75, 3.05) is 0 Å². The SMILES string of the molecule is [C-]#[N+]C1=C[C@]2(C)[C@H]3CC(=O)[C@@H]4[C@@H]5CC(C)(C)CC[C@]5(C#N)CC[C@@]4(C)[C@]3(C)CC[C@H]2[C@H](C)C1=O. The highest BCUT2D eigenvalue weighted by Crippen LogP contribution is 2.75. The fourth-order valence-electron chi connectivity index (χ4n) is 10.1. The molecule has 0 aromatic heterocycles. The number of hydrogen-bond donors (Lipinski definition) is 0. The van der Waals surface area contributed by atoms with E-state index in [1.165, 1.54) is 0 Å². The molecule has 4 saturated carbocycles. The minimum Gasteiger partial charge on any atom is -0.308 e. The summed E-state index contributed by atoms with van der Waals surface area (Å²) < 4.78 is 0. The van der Waals surface area contributed by atoms with Gasteiger partial charge in [-0.05, 0) is 84.4 Å². The maximum atomic E-state index is 14.2. The number of ketones is 2. The Morgan fingerprint density at radius 2 is 1.68 bits per heavy atom. The van der Waals surface area contributed by atoms with Gasteiger partial charge in [0.1, 0.15) is 5.78 Å². The zero-order valence-corrected chi connectivity index (χ0v) is 21.8. The number of fused-ring (bicyclic) bond motifs is 7. The lowest BCUT2D eigenvalue weighted by Gasteiger charge is -2.70. The second kappa shape index (κ2) is 7.06. The van der Waals surface area contributed by atoms with Crippen LogP contribution in [0.4, 0.5) is 0 Å². The highest BCUT2D eigenvalue weighted by Gasteiger charge is 2.71. The van der Waals surface area contributed by atoms with Crippen LogP contribution < -0.4 is 0 Å². The molecule has 34 heavy (non-hydrogen) atoms. The van der Waals surface area contributed by atoms with Crippen LogP contribution in [-0.4, -0.2) is 11.6 Å². The third-order valence-electron chi connectivity index (χ3n) is 12.3. The minimum atomic E-state index is -0.359. The molecule has 182 valence electrons. The van der Waals surface area contributed by atoms with Gasteiger partial charge in [-0.2, -0.15) is 5.26 Å². The van der Waals surface area contributed by atoms with Gasteiger partial charge < -0.3 is 4.79 Å². The van der Waals surface area contributed by atoms with Gasteiger partial charge in [0.05, 0.1) is 18.1 Å². The highest BCUT2D eigenvalue weighted by atomic mass is 16.1. The van der Waals surface area contributed by atoms with Gasteiger partial charge in [-0.1, -0.05) is 47.6 Å². The van der Waals surface area contributed by atoms with Crippen LogP contribution in [-0.2, 0) is 9.59 Å². The van der Waals surface area contributed by atoms with Crippen LogP contribution in [0, 0.1) is 74.6 Å². The monoisotopic (exact) mass is 460 g/mol. The van der Waals surface area contributed by atoms with Crippen molar-refractivity contribution in [1.29, 1.82) is 5.26 Å². The molecule has 4 heteroatoms. The molecule has 0 radical (unpaired) electrons. The molecule has 0 aliphatic heterocycles. The predicted molar refractivity (Wildman–Crippen MR) is 131 cm³/mol. The molecule has 5 rings (SSSR count). The maximum absolute atomic E-state index is 14.2. The van der Waals surface area contributed by atoms with E-state index >= 15 is 0 Å². The first-order valence-corrected chi connectivity index (χ1v) is 13.4. The van der Waals surface area contributed by atoms with Gasteiger partial charge in [0.15, 0.2) is 5.78 Å². The average Bonchev–Trinajstić information content (AvgIpc) is 2.77. The number of nitriles is 1. The molecule has 9 atom stereocenters. The summed E-state index contributed by atoms with van der Waals surface area (Å²) in [5.41, 5.74) is -0.448. The number of carbonyl (C=O) groups is 2. The van der Waals surface area contributed by atoms with Crippen molar-refractivity contribution in [3.05, 3.63) is 23.2 Å². The predicted octanol–water partition coefficient (Wildman–Crippen LogP) is 6.77. The van der Waals surface area contributed by atoms with Crippen LogP contribution in [0.15, 0.2) is 11.8 Å². The lowest BCUT2D eigenvalue weighted by atomic mass is 9.32. The number of carbonyl (C=O) groups excluding carboxylic acids is 2. The first-order valence-electron chi connectivity index (χ1n) is 13.4. The van der Waals surface area contributed by atoms with Gasteiger partial charge in [0.2, 0.25) is 5.70 Å². The summed E-state index contributed by atoms with van der Waals surface area (Å²) in [5, 5.41) is 10.4. The lowest BCUT2D eigenvalue weighted by molar-refractivity contribution is -0.213. The summed E-state index contributed by atoms with van der Waals surface area (Å²) in [6.45, 7) is 21.3. The molecule has 0 amide bonds. The lowest BCUT2D eigenvalue weighted by Crippen LogP contribution is -2.67. The molecular weight excluding hydrogens is 420 g/mol. The highest BCUT2D eigenvalue weighted by molar-refractivity contribution is 6.00. The fraction of sp³-hybridized carbons (Fsp3) is 0.800. The largest absolute Gasteiger partial charge is 0.308 e. The number of nitrogens with zero attached hydrogens (tertiary/aromatic N) is 2. The van der Waals surface area contributed by atoms with Crippen LogP contribution in [0.2, 0.25) is 0 Å². The van der Waals surface area contributed by atoms with Crippen molar-refractivity contribution in [2.24, 2.45) is 56.7 Å². The Kier molecular flexibility index (Phi) is 4.94. The van der Waals surface area contributed by atoms with Crippen LogP contribution in [0.25, 0.3) is 4.85 Å². The summed E-state index contributed by atoms with van der Waals surface area (Å²) in [7, 11) is 0. The van der Waals surface area contributed by atoms with E-state index in [0.29, 0.717) is 12.2 Å². The standard InChI is InChI=1S/C30H40N2O2/c1-18-19-8-9-28(5)23(27(19,4)16-21(32-7)25(18)34)14-22(33)24-20-15-26(2,3)10-12-30(20,17-31)13-11-29(24,28)6/h16,18-20,23-24H,8-15H2,1-6H3/t18-,19-,20-,23+,24-,27-,28+,29+,30+/m0/s1. The Morgan fingerprint density at radius 1 is 1.00 bits per heavy atom. The van der Waals surface area contributed by atoms with Crippen molar-refractivity contribution < 1.29 is 9.59 Å². The number of rotatable bonds is 0. The molecule has 0 bridgehead atoms. The zero-order valence-electron chi connectivity index (χ0n) is 21.8. The van der Waals surface area contributed by atoms with E-state index in [2.05, 4.69) is 45.5 Å². The van der Waals surface area contributed by atoms with E-state index in [-0.39, 0.29) is 68.1 Å². The van der Waals surface area contributed by atoms with Gasteiger partial charge in [0, 0.05) is 18.3 Å². The Morgan fingerprint density at radius 3 is 2.32 bits per heavy atom. The van der Waals surface area contributed by atoms with Crippen molar-refractivity contribution in [3.63, 3.8) is 0 Å². The van der Waals surface area contributed by atoms with Gasteiger partial charge in [0.25, 0.3) is 0 Å². The van der Waals surface area contributed by atoms with E-state index in [1.54, 1.807) is 0 Å². The van der Waals surface area contributed by atoms with Gasteiger partial charge in [-0.3, -0.25) is 4.79 Å². The summed E-state index contributed by atoms with van der Waals surface area (Å²) in [6.07, 6.45) is 9.23. The second-order valence-electron chi connectivity index (χ2n) is 14.1. The molecule has 0 aromatic carbocycles. The fourth-order valence-corrected chi connectivity index (χ4v) is 10.1. The molecule has 5 aliphatic rings. The molecule has 0 spiro atoms. The molecule has 0 unspecified atom stereocenters. The van der Waals surface area contributed by atoms with Crippen LogP contribution in [0.5, 0.6) is 0 Å². The first-order chi connectivity index (χ1) is 15.8. The average molecular weight is 461 g/mol. The van der Waals surface area contributed by atoms with Gasteiger partial charge in [-0.25, -0.2) is 4.85 Å². The molecule has 0 N–H and O–H groups in total. The Hall–Kier alpha value is -1.94. The smallest absolute Gasteiger partial charge is 0.226 e. The normalized spacial score (nSPS) is 51.5. The quantitative estimate of drug-likeness (QED) is 0.375. The van der Waals surface area contributed by atoms with Crippen LogP contribution >= 0.6 is 0 Å². The minimum absolute atomic E-state index is 0.0202. The summed E-state index contributed by atoms with van der Waals surface area (Å²) in [5.74, 6) is 0.550. The third kappa shape index (κ3) is 2.75. The number of Topliss-reactive ketones (excluding diaryl/α,β-unsaturated/α-hetero) is 2. The van der Waals surface area contributed by atoms with E-state index in [9.17, 15) is 14.9 Å². The van der Waals surface area contributed by atoms with E-state index < -0.39 is 0 Å². The Labute approximate surface area is 205 Å². The van der Waals surface area contributed by atoms with Crippen molar-refractivity contribution in [3.8, 4) is 6.07 Å². The molecule has 4 fully saturated rings. The van der Waals surface area contributed by atoms with Crippen molar-refractivity contribution in [1.82, 2.24) is 0 Å². The molecule has 0 heterocycles. The van der Waals surface area contributed by atoms with E-state index in [4.69, 9.17) is 6.57 Å². The van der Waals surface area contributed by atoms with Gasteiger partial charge in [-0.15, -0.1) is 0 Å². The molecule has 0 saturated heterocycles. The van der Waals surface area contributed by atoms with Crippen LogP contribution in [0.3, 0.4) is 0 Å². The van der Waals surface area contributed by atoms with E-state index in [1.807, 2.05) is 13.0 Å². The Balaban J connectivity index is 1.63. The van der Waals surface area contributed by atoms with Gasteiger partial charge >= 0.3 is 0 Å². The number of hydrogen-bond acceptors (Lipinski definition) is 3. The molecule has 5 aliphatic carbocycles. The molecular formula is C30H40N2O2. The maximum Gasteiger partial charge on any atom is 0.226 e. The van der Waals surface area contributed by atoms with Crippen molar-refractivity contribution in [2.45, 2.75) is 92.9 Å². The Bertz CT molecular complexity index is 1070. The first kappa shape index (κ1) is 23.8. The van der Waals surface area contributed by atoms with E-state index in [0.717, 1.165) is 44.9 Å². The number of allylic oxidation sites excluding steroid dienone is 2. The summed E-state index contributed by atoms with van der Waals surface area (Å²) >= 11 is 0. The summed E-state index contributed by atoms with van der Waals surface area (Å²) in [6, 6.07) is 2.76. The topological polar surface area (TPSA) is 62.3 Å². The van der Waals surface area contributed by atoms with Crippen molar-refractivity contribution >= 4 is 11.6 Å². The summed E-state index contributed by atoms with van der Waals surface area (Å²) in [4.78, 5) is 30.7. The molecule has 0 aromatic rings. The zero-order chi connectivity index (χ0) is 24.9.